The third-order valence-corrected chi connectivity index (χ3v) is 2.53. The number of carbonyl (C=O) groups is 1. The number of ether oxygens (including phenoxy) is 1. The van der Waals surface area contributed by atoms with Crippen LogP contribution in [0.15, 0.2) is 6.20 Å². The second-order valence-electron chi connectivity index (χ2n) is 4.03. The number of aryl methyl sites for hydroxylation is 1. The second-order valence-corrected chi connectivity index (χ2v) is 4.03. The first-order chi connectivity index (χ1) is 8.46. The Labute approximate surface area is 101 Å². The van der Waals surface area contributed by atoms with E-state index < -0.39 is 12.8 Å². The summed E-state index contributed by atoms with van der Waals surface area (Å²) in [6.45, 7) is -1.63. The van der Waals surface area contributed by atoms with E-state index in [1.807, 2.05) is 0 Å². The van der Waals surface area contributed by atoms with Gasteiger partial charge in [-0.15, -0.1) is 0 Å². The van der Waals surface area contributed by atoms with Crippen molar-refractivity contribution < 1.29 is 22.7 Å². The van der Waals surface area contributed by atoms with Crippen LogP contribution in [-0.2, 0) is 17.8 Å². The van der Waals surface area contributed by atoms with Crippen LogP contribution in [0, 0.1) is 0 Å². The molecule has 18 heavy (non-hydrogen) atoms. The van der Waals surface area contributed by atoms with Crippen molar-refractivity contribution in [2.24, 2.45) is 0 Å². The summed E-state index contributed by atoms with van der Waals surface area (Å²) in [5.74, 6) is 0.159. The largest absolute Gasteiger partial charge is 0.411 e. The van der Waals surface area contributed by atoms with Crippen molar-refractivity contribution >= 4 is 5.78 Å². The zero-order valence-electron chi connectivity index (χ0n) is 9.46. The molecule has 0 aliphatic heterocycles. The Balaban J connectivity index is 2.01. The molecular weight excluding hydrogens is 249 g/mol. The number of hydrogen-bond acceptors (Lipinski definition) is 4. The number of Topliss-reactive ketones (excluding diaryl/α,β-unsaturated/α-hetero) is 1. The van der Waals surface area contributed by atoms with E-state index in [9.17, 15) is 18.0 Å². The van der Waals surface area contributed by atoms with E-state index in [4.69, 9.17) is 0 Å². The van der Waals surface area contributed by atoms with Gasteiger partial charge in [0.1, 0.15) is 13.2 Å². The van der Waals surface area contributed by atoms with Gasteiger partial charge in [-0.3, -0.25) is 4.79 Å². The quantitative estimate of drug-likeness (QED) is 0.834. The van der Waals surface area contributed by atoms with Gasteiger partial charge in [0.05, 0.1) is 11.3 Å². The highest BCUT2D eigenvalue weighted by Gasteiger charge is 2.27. The molecular formula is C11H11F3N2O2. The molecule has 1 heterocycles. The summed E-state index contributed by atoms with van der Waals surface area (Å²) < 4.78 is 40.1. The van der Waals surface area contributed by atoms with E-state index in [0.717, 1.165) is 0 Å². The van der Waals surface area contributed by atoms with E-state index in [-0.39, 0.29) is 18.2 Å². The maximum atomic E-state index is 11.9. The van der Waals surface area contributed by atoms with E-state index >= 15 is 0 Å². The summed E-state index contributed by atoms with van der Waals surface area (Å²) in [6.07, 6.45) is -1.15. The normalized spacial score (nSPS) is 15.6. The monoisotopic (exact) mass is 260 g/mol. The summed E-state index contributed by atoms with van der Waals surface area (Å²) in [4.78, 5) is 19.4. The molecule has 1 aromatic rings. The Bertz CT molecular complexity index is 460. The Kier molecular flexibility index (Phi) is 3.60. The van der Waals surface area contributed by atoms with Crippen molar-refractivity contribution in [1.82, 2.24) is 9.97 Å². The number of fused-ring (bicyclic) bond motifs is 1. The number of rotatable bonds is 3. The molecule has 4 nitrogen and oxygen atoms in total. The number of hydrogen-bond donors (Lipinski definition) is 0. The predicted molar refractivity (Wildman–Crippen MR) is 55.0 cm³/mol. The van der Waals surface area contributed by atoms with E-state index in [0.29, 0.717) is 30.5 Å². The summed E-state index contributed by atoms with van der Waals surface area (Å²) in [5.41, 5.74) is 1.08. The van der Waals surface area contributed by atoms with Gasteiger partial charge in [-0.2, -0.15) is 13.2 Å². The van der Waals surface area contributed by atoms with Crippen molar-refractivity contribution in [2.75, 3.05) is 6.61 Å². The van der Waals surface area contributed by atoms with Crippen molar-refractivity contribution in [3.05, 3.63) is 23.3 Å². The summed E-state index contributed by atoms with van der Waals surface area (Å²) in [6, 6.07) is 0. The van der Waals surface area contributed by atoms with Crippen LogP contribution in [0.25, 0.3) is 0 Å². The number of alkyl halides is 3. The molecule has 2 rings (SSSR count). The lowest BCUT2D eigenvalue weighted by Crippen LogP contribution is -2.18. The summed E-state index contributed by atoms with van der Waals surface area (Å²) in [7, 11) is 0. The number of ketones is 1. The molecule has 0 aromatic carbocycles. The lowest BCUT2D eigenvalue weighted by atomic mass is 9.96. The van der Waals surface area contributed by atoms with Gasteiger partial charge in [0.15, 0.2) is 11.6 Å². The van der Waals surface area contributed by atoms with Crippen molar-refractivity contribution in [3.8, 4) is 0 Å². The maximum Gasteiger partial charge on any atom is 0.411 e. The Hall–Kier alpha value is -1.50. The third-order valence-electron chi connectivity index (χ3n) is 2.53. The van der Waals surface area contributed by atoms with Gasteiger partial charge in [-0.25, -0.2) is 9.97 Å². The zero-order valence-corrected chi connectivity index (χ0v) is 9.46. The Morgan fingerprint density at radius 1 is 1.33 bits per heavy atom. The molecule has 7 heteroatoms. The molecule has 0 fully saturated rings. The molecule has 98 valence electrons. The van der Waals surface area contributed by atoms with E-state index in [1.54, 1.807) is 0 Å². The molecule has 1 aromatic heterocycles. The number of carbonyl (C=O) groups excluding carboxylic acids is 1. The van der Waals surface area contributed by atoms with Gasteiger partial charge in [0.2, 0.25) is 0 Å². The van der Waals surface area contributed by atoms with E-state index in [1.165, 1.54) is 6.20 Å². The highest BCUT2D eigenvalue weighted by atomic mass is 19.4. The minimum absolute atomic E-state index is 0.0148. The SMILES string of the molecule is O=C1CCCc2nc(COCC(F)(F)F)ncc21. The number of nitrogens with zero attached hydrogens (tertiary/aromatic N) is 2. The first-order valence-electron chi connectivity index (χ1n) is 5.48. The van der Waals surface area contributed by atoms with Crippen LogP contribution in [0.4, 0.5) is 13.2 Å². The van der Waals surface area contributed by atoms with Gasteiger partial charge in [-0.1, -0.05) is 0 Å². The first kappa shape index (κ1) is 12.9. The average Bonchev–Trinajstić information content (AvgIpc) is 2.27. The fourth-order valence-electron chi connectivity index (χ4n) is 1.76. The van der Waals surface area contributed by atoms with E-state index in [2.05, 4.69) is 14.7 Å². The van der Waals surface area contributed by atoms with Crippen LogP contribution in [0.5, 0.6) is 0 Å². The molecule has 0 radical (unpaired) electrons. The van der Waals surface area contributed by atoms with Crippen LogP contribution in [-0.4, -0.2) is 28.5 Å². The highest BCUT2D eigenvalue weighted by Crippen LogP contribution is 2.19. The van der Waals surface area contributed by atoms with Crippen LogP contribution < -0.4 is 0 Å². The second kappa shape index (κ2) is 5.01. The number of aromatic nitrogens is 2. The Morgan fingerprint density at radius 2 is 2.11 bits per heavy atom. The molecule has 0 spiro atoms. The first-order valence-corrected chi connectivity index (χ1v) is 5.48. The molecule has 0 amide bonds. The maximum absolute atomic E-state index is 11.9. The highest BCUT2D eigenvalue weighted by molar-refractivity contribution is 5.97. The molecule has 1 aliphatic carbocycles. The number of halogens is 3. The van der Waals surface area contributed by atoms with Gasteiger partial charge >= 0.3 is 6.18 Å². The molecule has 0 atom stereocenters. The average molecular weight is 260 g/mol. The van der Waals surface area contributed by atoms with Gasteiger partial charge in [0.25, 0.3) is 0 Å². The Morgan fingerprint density at radius 3 is 2.83 bits per heavy atom. The van der Waals surface area contributed by atoms with Crippen LogP contribution in [0.1, 0.15) is 34.7 Å². The van der Waals surface area contributed by atoms with Gasteiger partial charge in [0, 0.05) is 12.6 Å². The standard InChI is InChI=1S/C11H11F3N2O2/c12-11(13,14)6-18-5-10-15-4-7-8(16-10)2-1-3-9(7)17/h4H,1-3,5-6H2. The van der Waals surface area contributed by atoms with Crippen molar-refractivity contribution in [2.45, 2.75) is 32.0 Å². The molecule has 0 unspecified atom stereocenters. The fourth-order valence-corrected chi connectivity index (χ4v) is 1.76. The lowest BCUT2D eigenvalue weighted by Gasteiger charge is -2.14. The molecule has 0 saturated carbocycles. The fraction of sp³-hybridized carbons (Fsp3) is 0.545. The molecule has 0 saturated heterocycles. The van der Waals surface area contributed by atoms with Crippen LogP contribution in [0.2, 0.25) is 0 Å². The van der Waals surface area contributed by atoms with Gasteiger partial charge < -0.3 is 4.74 Å². The topological polar surface area (TPSA) is 52.1 Å². The predicted octanol–water partition coefficient (Wildman–Crippen LogP) is 2.07. The van der Waals surface area contributed by atoms with Crippen molar-refractivity contribution in [1.29, 1.82) is 0 Å². The molecule has 0 N–H and O–H groups in total. The molecule has 1 aliphatic rings. The smallest absolute Gasteiger partial charge is 0.364 e. The minimum atomic E-state index is -4.36. The molecule has 0 bridgehead atoms. The summed E-state index contributed by atoms with van der Waals surface area (Å²) in [5, 5.41) is 0. The zero-order chi connectivity index (χ0) is 13.2. The van der Waals surface area contributed by atoms with Crippen molar-refractivity contribution in [3.63, 3.8) is 0 Å². The summed E-state index contributed by atoms with van der Waals surface area (Å²) >= 11 is 0. The third kappa shape index (κ3) is 3.25. The van der Waals surface area contributed by atoms with Gasteiger partial charge in [-0.05, 0) is 12.8 Å². The van der Waals surface area contributed by atoms with Crippen LogP contribution in [0.3, 0.4) is 0 Å². The minimum Gasteiger partial charge on any atom is -0.364 e. The van der Waals surface area contributed by atoms with Crippen LogP contribution >= 0.6 is 0 Å². The lowest BCUT2D eigenvalue weighted by molar-refractivity contribution is -0.177.